The van der Waals surface area contributed by atoms with E-state index >= 15 is 0 Å². The molecule has 2 heterocycles. The minimum Gasteiger partial charge on any atom is -0.482 e. The molecule has 164 valence electrons. The van der Waals surface area contributed by atoms with Crippen LogP contribution in [0.4, 0.5) is 14.5 Å². The number of hydrogen-bond acceptors (Lipinski definition) is 6. The van der Waals surface area contributed by atoms with Crippen LogP contribution in [0.5, 0.6) is 11.5 Å². The third kappa shape index (κ3) is 4.92. The van der Waals surface area contributed by atoms with Crippen LogP contribution in [0.1, 0.15) is 5.56 Å². The molecule has 0 spiro atoms. The molecule has 0 saturated heterocycles. The Kier molecular flexibility index (Phi) is 6.41. The number of nitrogens with zero attached hydrogens (tertiary/aromatic N) is 3. The minimum atomic E-state index is -2.88. The Bertz CT molecular complexity index is 1230. The van der Waals surface area contributed by atoms with Crippen LogP contribution < -0.4 is 19.6 Å². The van der Waals surface area contributed by atoms with Crippen LogP contribution in [0, 0.1) is 0 Å². The molecule has 1 aliphatic rings. The molecule has 7 nitrogen and oxygen atoms in total. The Morgan fingerprint density at radius 1 is 1.28 bits per heavy atom. The quantitative estimate of drug-likeness (QED) is 0.429. The van der Waals surface area contributed by atoms with Gasteiger partial charge in [0.2, 0.25) is 4.80 Å². The highest BCUT2D eigenvalue weighted by atomic mass is 32.1. The second-order valence-electron chi connectivity index (χ2n) is 6.58. The van der Waals surface area contributed by atoms with E-state index < -0.39 is 6.61 Å². The summed E-state index contributed by atoms with van der Waals surface area (Å²) in [4.78, 5) is 16.8. The summed E-state index contributed by atoms with van der Waals surface area (Å²) >= 11 is 1.41. The van der Waals surface area contributed by atoms with Crippen molar-refractivity contribution in [2.24, 2.45) is 10.1 Å². The number of rotatable bonds is 7. The van der Waals surface area contributed by atoms with Crippen LogP contribution in [0.25, 0.3) is 11.3 Å². The van der Waals surface area contributed by atoms with E-state index in [1.807, 2.05) is 17.5 Å². The number of carbonyl (C=O) groups excluding carboxylic acids is 1. The highest BCUT2D eigenvalue weighted by Gasteiger charge is 2.17. The van der Waals surface area contributed by atoms with Crippen molar-refractivity contribution in [1.82, 2.24) is 4.68 Å². The van der Waals surface area contributed by atoms with Crippen molar-refractivity contribution in [3.05, 3.63) is 70.9 Å². The lowest BCUT2D eigenvalue weighted by Gasteiger charge is -2.18. The van der Waals surface area contributed by atoms with Crippen molar-refractivity contribution in [2.75, 3.05) is 18.5 Å². The van der Waals surface area contributed by atoms with Gasteiger partial charge in [-0.1, -0.05) is 6.08 Å². The number of hydrogen-bond donors (Lipinski definition) is 1. The average Bonchev–Trinajstić information content (AvgIpc) is 3.19. The van der Waals surface area contributed by atoms with Gasteiger partial charge < -0.3 is 14.8 Å². The molecule has 1 amide bonds. The Labute approximate surface area is 186 Å². The summed E-state index contributed by atoms with van der Waals surface area (Å²) in [5.74, 6) is 0.453. The number of ether oxygens (including phenoxy) is 2. The molecule has 0 aliphatic carbocycles. The maximum Gasteiger partial charge on any atom is 0.387 e. The number of halogens is 2. The topological polar surface area (TPSA) is 77.2 Å². The first kappa shape index (κ1) is 21.4. The second-order valence-corrected chi connectivity index (χ2v) is 7.42. The normalized spacial score (nSPS) is 13.7. The fraction of sp³-hybridized carbons (Fsp3) is 0.136. The molecular formula is C22H18F2N4O3S. The zero-order valence-corrected chi connectivity index (χ0v) is 17.5. The number of benzene rings is 2. The molecule has 0 radical (unpaired) electrons. The lowest BCUT2D eigenvalue weighted by Crippen LogP contribution is -2.25. The van der Waals surface area contributed by atoms with Crippen molar-refractivity contribution in [3.8, 4) is 22.8 Å². The maximum atomic E-state index is 12.3. The SMILES string of the molecule is C=CCN=c1scc(-c2ccc3c(c2)NC(=O)CO3)n1/N=C\c1ccc(OC(F)F)cc1. The standard InChI is InChI=1S/C22H18F2N4O3S/c1-2-9-25-22-28(26-11-14-3-6-16(7-4-14)31-21(23)24)18(13-32-22)15-5-8-19-17(10-15)27-20(29)12-30-19/h2-8,10-11,13,21H,1,9,12H2,(H,27,29)/b25-22?,26-11-. The molecule has 2 aromatic carbocycles. The predicted octanol–water partition coefficient (Wildman–Crippen LogP) is 4.12. The molecule has 0 unspecified atom stereocenters. The zero-order chi connectivity index (χ0) is 22.5. The Hall–Kier alpha value is -3.79. The summed E-state index contributed by atoms with van der Waals surface area (Å²) in [6.07, 6.45) is 3.28. The van der Waals surface area contributed by atoms with E-state index in [9.17, 15) is 13.6 Å². The van der Waals surface area contributed by atoms with Gasteiger partial charge in [-0.2, -0.15) is 13.9 Å². The minimum absolute atomic E-state index is 0.0131. The number of thiazole rings is 1. The summed E-state index contributed by atoms with van der Waals surface area (Å²) < 4.78 is 36.1. The first-order valence-corrected chi connectivity index (χ1v) is 10.4. The van der Waals surface area contributed by atoms with Gasteiger partial charge in [0.15, 0.2) is 6.61 Å². The Morgan fingerprint density at radius 3 is 2.84 bits per heavy atom. The van der Waals surface area contributed by atoms with E-state index in [0.717, 1.165) is 11.3 Å². The van der Waals surface area contributed by atoms with Gasteiger partial charge in [-0.3, -0.25) is 9.79 Å². The van der Waals surface area contributed by atoms with Gasteiger partial charge in [-0.15, -0.1) is 17.9 Å². The van der Waals surface area contributed by atoms with Crippen LogP contribution >= 0.6 is 11.3 Å². The molecule has 1 N–H and O–H groups in total. The van der Waals surface area contributed by atoms with Gasteiger partial charge >= 0.3 is 6.61 Å². The first-order chi connectivity index (χ1) is 15.5. The molecule has 3 aromatic rings. The predicted molar refractivity (Wildman–Crippen MR) is 119 cm³/mol. The average molecular weight is 456 g/mol. The van der Waals surface area contributed by atoms with E-state index in [1.54, 1.807) is 35.2 Å². The van der Waals surface area contributed by atoms with Gasteiger partial charge in [0.05, 0.1) is 24.1 Å². The smallest absolute Gasteiger partial charge is 0.387 e. The molecule has 0 bridgehead atoms. The molecule has 4 rings (SSSR count). The van der Waals surface area contributed by atoms with Crippen molar-refractivity contribution < 1.29 is 23.0 Å². The Morgan fingerprint density at radius 2 is 2.09 bits per heavy atom. The monoisotopic (exact) mass is 456 g/mol. The second kappa shape index (κ2) is 9.56. The fourth-order valence-electron chi connectivity index (χ4n) is 2.96. The molecular weight excluding hydrogens is 438 g/mol. The van der Waals surface area contributed by atoms with Gasteiger partial charge in [0.25, 0.3) is 5.91 Å². The van der Waals surface area contributed by atoms with Crippen molar-refractivity contribution in [2.45, 2.75) is 6.61 Å². The number of aromatic nitrogens is 1. The third-order valence-electron chi connectivity index (χ3n) is 4.38. The summed E-state index contributed by atoms with van der Waals surface area (Å²) in [6, 6.07) is 11.6. The molecule has 10 heteroatoms. The zero-order valence-electron chi connectivity index (χ0n) is 16.7. The van der Waals surface area contributed by atoms with Crippen LogP contribution in [0.3, 0.4) is 0 Å². The summed E-state index contributed by atoms with van der Waals surface area (Å²) in [5.41, 5.74) is 2.84. The van der Waals surface area contributed by atoms with E-state index in [4.69, 9.17) is 4.74 Å². The molecule has 0 atom stereocenters. The van der Waals surface area contributed by atoms with Gasteiger partial charge in [0, 0.05) is 10.9 Å². The number of nitrogens with one attached hydrogen (secondary N) is 1. The third-order valence-corrected chi connectivity index (χ3v) is 5.23. The van der Waals surface area contributed by atoms with Crippen LogP contribution in [-0.4, -0.2) is 36.6 Å². The number of anilines is 1. The first-order valence-electron chi connectivity index (χ1n) is 9.52. The molecule has 32 heavy (non-hydrogen) atoms. The van der Waals surface area contributed by atoms with Crippen LogP contribution in [-0.2, 0) is 4.79 Å². The summed E-state index contributed by atoms with van der Waals surface area (Å²) in [7, 11) is 0. The van der Waals surface area contributed by atoms with Gasteiger partial charge in [-0.05, 0) is 48.0 Å². The maximum absolute atomic E-state index is 12.3. The largest absolute Gasteiger partial charge is 0.482 e. The van der Waals surface area contributed by atoms with E-state index in [2.05, 4.69) is 26.7 Å². The number of alkyl halides is 2. The highest BCUT2D eigenvalue weighted by Crippen LogP contribution is 2.32. The fourth-order valence-corrected chi connectivity index (χ4v) is 3.81. The van der Waals surface area contributed by atoms with Crippen molar-refractivity contribution in [1.29, 1.82) is 0 Å². The molecule has 1 aromatic heterocycles. The highest BCUT2D eigenvalue weighted by molar-refractivity contribution is 7.07. The number of carbonyl (C=O) groups is 1. The van der Waals surface area contributed by atoms with Gasteiger partial charge in [-0.25, -0.2) is 4.68 Å². The Balaban J connectivity index is 1.69. The molecule has 0 saturated carbocycles. The lowest BCUT2D eigenvalue weighted by molar-refractivity contribution is -0.118. The van der Waals surface area contributed by atoms with Gasteiger partial charge in [0.1, 0.15) is 11.5 Å². The molecule has 0 fully saturated rings. The van der Waals surface area contributed by atoms with Crippen molar-refractivity contribution in [3.63, 3.8) is 0 Å². The van der Waals surface area contributed by atoms with Crippen molar-refractivity contribution >= 4 is 29.1 Å². The van der Waals surface area contributed by atoms with Crippen LogP contribution in [0.15, 0.2) is 70.6 Å². The van der Waals surface area contributed by atoms with Crippen LogP contribution in [0.2, 0.25) is 0 Å². The van der Waals surface area contributed by atoms with E-state index in [0.29, 0.717) is 28.3 Å². The summed E-state index contributed by atoms with van der Waals surface area (Å²) in [5, 5.41) is 9.26. The van der Waals surface area contributed by atoms with E-state index in [1.165, 1.54) is 23.5 Å². The lowest BCUT2D eigenvalue weighted by atomic mass is 10.1. The van der Waals surface area contributed by atoms with E-state index in [-0.39, 0.29) is 18.3 Å². The number of amides is 1. The number of fused-ring (bicyclic) bond motifs is 1. The summed E-state index contributed by atoms with van der Waals surface area (Å²) in [6.45, 7) is 1.22. The molecule has 1 aliphatic heterocycles.